The Labute approximate surface area is 138 Å². The lowest BCUT2D eigenvalue weighted by Gasteiger charge is -2.09. The van der Waals surface area contributed by atoms with E-state index in [4.69, 9.17) is 9.47 Å². The summed E-state index contributed by atoms with van der Waals surface area (Å²) in [7, 11) is 0. The van der Waals surface area contributed by atoms with Crippen LogP contribution in [0.25, 0.3) is 0 Å². The molecule has 1 N–H and O–H groups in total. The summed E-state index contributed by atoms with van der Waals surface area (Å²) in [5.74, 6) is 0.636. The van der Waals surface area contributed by atoms with E-state index in [0.717, 1.165) is 0 Å². The van der Waals surface area contributed by atoms with Crippen molar-refractivity contribution in [2.24, 2.45) is 0 Å². The highest BCUT2D eigenvalue weighted by atomic mass is 16.6. The molecule has 2 aromatic rings. The molecule has 0 radical (unpaired) electrons. The second kappa shape index (κ2) is 8.33. The van der Waals surface area contributed by atoms with Gasteiger partial charge in [0.1, 0.15) is 18.1 Å². The van der Waals surface area contributed by atoms with Crippen molar-refractivity contribution in [2.75, 3.05) is 18.5 Å². The number of hydrogen-bond acceptors (Lipinski definition) is 5. The zero-order valence-electron chi connectivity index (χ0n) is 12.8. The summed E-state index contributed by atoms with van der Waals surface area (Å²) >= 11 is 0. The number of non-ortho nitro benzene ring substituents is 1. The molecular formula is C17H16N2O5. The average molecular weight is 328 g/mol. The lowest BCUT2D eigenvalue weighted by Crippen LogP contribution is -2.20. The summed E-state index contributed by atoms with van der Waals surface area (Å²) in [5, 5.41) is 13.2. The van der Waals surface area contributed by atoms with Gasteiger partial charge in [-0.1, -0.05) is 18.7 Å². The molecule has 0 aromatic heterocycles. The van der Waals surface area contributed by atoms with E-state index in [0.29, 0.717) is 23.8 Å². The van der Waals surface area contributed by atoms with Crippen molar-refractivity contribution >= 4 is 17.3 Å². The summed E-state index contributed by atoms with van der Waals surface area (Å²) in [5.41, 5.74) is 0.539. The molecule has 0 fully saturated rings. The van der Waals surface area contributed by atoms with Gasteiger partial charge in [0.2, 0.25) is 0 Å². The summed E-state index contributed by atoms with van der Waals surface area (Å²) < 4.78 is 10.7. The van der Waals surface area contributed by atoms with Crippen molar-refractivity contribution in [3.63, 3.8) is 0 Å². The molecule has 7 heteroatoms. The Morgan fingerprint density at radius 2 is 1.92 bits per heavy atom. The Morgan fingerprint density at radius 1 is 1.17 bits per heavy atom. The van der Waals surface area contributed by atoms with E-state index in [1.54, 1.807) is 30.3 Å². The molecule has 0 unspecified atom stereocenters. The standard InChI is InChI=1S/C17H16N2O5/c1-2-10-23-16-5-3-4-13(11-16)18-17(20)12-24-15-8-6-14(7-9-15)19(21)22/h2-9,11H,1,10,12H2,(H,18,20). The minimum Gasteiger partial charge on any atom is -0.489 e. The van der Waals surface area contributed by atoms with E-state index in [1.165, 1.54) is 24.3 Å². The predicted molar refractivity (Wildman–Crippen MR) is 89.4 cm³/mol. The maximum atomic E-state index is 11.9. The van der Waals surface area contributed by atoms with Crippen LogP contribution in [0.1, 0.15) is 0 Å². The van der Waals surface area contributed by atoms with Crippen LogP contribution in [-0.4, -0.2) is 24.0 Å². The Hall–Kier alpha value is -3.35. The number of benzene rings is 2. The molecule has 2 rings (SSSR count). The molecule has 0 atom stereocenters. The summed E-state index contributed by atoms with van der Waals surface area (Å²) in [4.78, 5) is 21.9. The molecule has 24 heavy (non-hydrogen) atoms. The summed E-state index contributed by atoms with van der Waals surface area (Å²) in [6.45, 7) is 3.73. The number of ether oxygens (including phenoxy) is 2. The van der Waals surface area contributed by atoms with Crippen LogP contribution in [0.2, 0.25) is 0 Å². The molecule has 2 aromatic carbocycles. The number of anilines is 1. The van der Waals surface area contributed by atoms with Crippen LogP contribution in [0.3, 0.4) is 0 Å². The predicted octanol–water partition coefficient (Wildman–Crippen LogP) is 3.18. The quantitative estimate of drug-likeness (QED) is 0.456. The second-order valence-corrected chi connectivity index (χ2v) is 4.72. The molecule has 0 aliphatic rings. The number of nitro groups is 1. The molecule has 0 aliphatic carbocycles. The van der Waals surface area contributed by atoms with Gasteiger partial charge in [-0.25, -0.2) is 0 Å². The number of nitrogens with one attached hydrogen (secondary N) is 1. The number of hydrogen-bond donors (Lipinski definition) is 1. The van der Waals surface area contributed by atoms with E-state index in [9.17, 15) is 14.9 Å². The van der Waals surface area contributed by atoms with Gasteiger partial charge >= 0.3 is 0 Å². The SMILES string of the molecule is C=CCOc1cccc(NC(=O)COc2ccc([N+](=O)[O-])cc2)c1. The highest BCUT2D eigenvalue weighted by Crippen LogP contribution is 2.19. The zero-order chi connectivity index (χ0) is 17.4. The van der Waals surface area contributed by atoms with Gasteiger partial charge in [0, 0.05) is 23.9 Å². The van der Waals surface area contributed by atoms with Gasteiger partial charge in [-0.15, -0.1) is 0 Å². The third-order valence-electron chi connectivity index (χ3n) is 2.90. The number of nitro benzene ring substituents is 1. The van der Waals surface area contributed by atoms with E-state index in [1.807, 2.05) is 0 Å². The van der Waals surface area contributed by atoms with Crippen molar-refractivity contribution in [1.82, 2.24) is 0 Å². The molecule has 0 heterocycles. The minimum atomic E-state index is -0.502. The van der Waals surface area contributed by atoms with Crippen molar-refractivity contribution < 1.29 is 19.2 Å². The fraction of sp³-hybridized carbons (Fsp3) is 0.118. The van der Waals surface area contributed by atoms with Crippen LogP contribution in [0, 0.1) is 10.1 Å². The average Bonchev–Trinajstić information content (AvgIpc) is 2.59. The van der Waals surface area contributed by atoms with Gasteiger partial charge in [-0.05, 0) is 24.3 Å². The van der Waals surface area contributed by atoms with Crippen molar-refractivity contribution in [2.45, 2.75) is 0 Å². The van der Waals surface area contributed by atoms with Crippen LogP contribution < -0.4 is 14.8 Å². The minimum absolute atomic E-state index is 0.0388. The van der Waals surface area contributed by atoms with Gasteiger partial charge in [-0.2, -0.15) is 0 Å². The maximum absolute atomic E-state index is 11.9. The molecular weight excluding hydrogens is 312 g/mol. The van der Waals surface area contributed by atoms with Crippen LogP contribution in [0.5, 0.6) is 11.5 Å². The Bertz CT molecular complexity index is 728. The van der Waals surface area contributed by atoms with Gasteiger partial charge in [0.15, 0.2) is 6.61 Å². The Balaban J connectivity index is 1.86. The molecule has 0 aliphatic heterocycles. The Morgan fingerprint density at radius 3 is 2.58 bits per heavy atom. The number of nitrogens with zero attached hydrogens (tertiary/aromatic N) is 1. The van der Waals surface area contributed by atoms with Crippen LogP contribution in [0.15, 0.2) is 61.2 Å². The fourth-order valence-electron chi connectivity index (χ4n) is 1.83. The third-order valence-corrected chi connectivity index (χ3v) is 2.90. The highest BCUT2D eigenvalue weighted by Gasteiger charge is 2.07. The third kappa shape index (κ3) is 5.13. The van der Waals surface area contributed by atoms with Crippen LogP contribution in [-0.2, 0) is 4.79 Å². The van der Waals surface area contributed by atoms with Gasteiger partial charge in [0.05, 0.1) is 4.92 Å². The number of carbonyl (C=O) groups excluding carboxylic acids is 1. The molecule has 0 saturated heterocycles. The molecule has 124 valence electrons. The van der Waals surface area contributed by atoms with Crippen molar-refractivity contribution in [1.29, 1.82) is 0 Å². The maximum Gasteiger partial charge on any atom is 0.269 e. The second-order valence-electron chi connectivity index (χ2n) is 4.72. The first-order valence-corrected chi connectivity index (χ1v) is 7.09. The molecule has 0 spiro atoms. The number of rotatable bonds is 8. The lowest BCUT2D eigenvalue weighted by molar-refractivity contribution is -0.384. The normalized spacial score (nSPS) is 9.83. The monoisotopic (exact) mass is 328 g/mol. The van der Waals surface area contributed by atoms with Crippen molar-refractivity contribution in [3.8, 4) is 11.5 Å². The highest BCUT2D eigenvalue weighted by molar-refractivity contribution is 5.92. The first-order valence-electron chi connectivity index (χ1n) is 7.09. The largest absolute Gasteiger partial charge is 0.489 e. The molecule has 0 bridgehead atoms. The van der Waals surface area contributed by atoms with E-state index < -0.39 is 4.92 Å². The van der Waals surface area contributed by atoms with Crippen LogP contribution in [0.4, 0.5) is 11.4 Å². The van der Waals surface area contributed by atoms with E-state index >= 15 is 0 Å². The zero-order valence-corrected chi connectivity index (χ0v) is 12.8. The summed E-state index contributed by atoms with van der Waals surface area (Å²) in [6.07, 6.45) is 1.63. The van der Waals surface area contributed by atoms with Gasteiger partial charge in [-0.3, -0.25) is 14.9 Å². The van der Waals surface area contributed by atoms with Gasteiger partial charge < -0.3 is 14.8 Å². The van der Waals surface area contributed by atoms with Gasteiger partial charge in [0.25, 0.3) is 11.6 Å². The first-order chi connectivity index (χ1) is 11.6. The molecule has 1 amide bonds. The fourth-order valence-corrected chi connectivity index (χ4v) is 1.83. The van der Waals surface area contributed by atoms with Crippen molar-refractivity contribution in [3.05, 3.63) is 71.3 Å². The molecule has 7 nitrogen and oxygen atoms in total. The number of amides is 1. The molecule has 0 saturated carbocycles. The Kier molecular flexibility index (Phi) is 5.90. The summed E-state index contributed by atoms with van der Waals surface area (Å²) in [6, 6.07) is 12.4. The van der Waals surface area contributed by atoms with Crippen LogP contribution >= 0.6 is 0 Å². The first kappa shape index (κ1) is 17.0. The smallest absolute Gasteiger partial charge is 0.269 e. The number of carbonyl (C=O) groups is 1. The lowest BCUT2D eigenvalue weighted by atomic mass is 10.3. The van der Waals surface area contributed by atoms with E-state index in [2.05, 4.69) is 11.9 Å². The topological polar surface area (TPSA) is 90.7 Å². The van der Waals surface area contributed by atoms with E-state index in [-0.39, 0.29) is 18.2 Å².